The molecule has 0 aliphatic heterocycles. The summed E-state index contributed by atoms with van der Waals surface area (Å²) in [5.41, 5.74) is 6.90. The van der Waals surface area contributed by atoms with E-state index < -0.39 is 0 Å². The largest absolute Gasteiger partial charge is 0.0616 e. The van der Waals surface area contributed by atoms with Gasteiger partial charge >= 0.3 is 0 Å². The monoisotopic (exact) mass is 274 g/mol. The molecule has 0 radical (unpaired) electrons. The first kappa shape index (κ1) is 13.9. The molecule has 0 amide bonds. The number of hydrogen-bond acceptors (Lipinski definition) is 0. The summed E-state index contributed by atoms with van der Waals surface area (Å²) in [5.74, 6) is 0.554. The smallest absolute Gasteiger partial charge is 0.0103 e. The lowest BCUT2D eigenvalue weighted by Gasteiger charge is -2.16. The van der Waals surface area contributed by atoms with Crippen LogP contribution < -0.4 is 0 Å². The first-order valence-corrected chi connectivity index (χ1v) is 7.67. The van der Waals surface area contributed by atoms with E-state index in [9.17, 15) is 0 Å². The van der Waals surface area contributed by atoms with Crippen LogP contribution in [0.25, 0.3) is 21.9 Å². The lowest BCUT2D eigenvalue weighted by atomic mass is 9.89. The van der Waals surface area contributed by atoms with Gasteiger partial charge in [0.25, 0.3) is 0 Å². The van der Waals surface area contributed by atoms with E-state index in [4.69, 9.17) is 0 Å². The van der Waals surface area contributed by atoms with Crippen LogP contribution in [0.3, 0.4) is 0 Å². The summed E-state index contributed by atoms with van der Waals surface area (Å²) < 4.78 is 0. The molecule has 0 spiro atoms. The molecule has 0 aliphatic carbocycles. The van der Waals surface area contributed by atoms with E-state index in [-0.39, 0.29) is 0 Å². The van der Waals surface area contributed by atoms with Crippen molar-refractivity contribution in [1.29, 1.82) is 0 Å². The van der Waals surface area contributed by atoms with E-state index in [1.807, 2.05) is 0 Å². The maximum absolute atomic E-state index is 2.37. The molecule has 0 aromatic heterocycles. The Balaban J connectivity index is 2.32. The normalized spacial score (nSPS) is 11.3. The summed E-state index contributed by atoms with van der Waals surface area (Å²) in [6.45, 7) is 8.97. The molecular formula is C21H22. The van der Waals surface area contributed by atoms with E-state index >= 15 is 0 Å². The predicted molar refractivity (Wildman–Crippen MR) is 92.9 cm³/mol. The van der Waals surface area contributed by atoms with E-state index in [0.717, 1.165) is 0 Å². The van der Waals surface area contributed by atoms with Crippen molar-refractivity contribution in [3.05, 3.63) is 71.3 Å². The van der Waals surface area contributed by atoms with Crippen molar-refractivity contribution in [1.82, 2.24) is 0 Å². The number of rotatable bonds is 2. The zero-order chi connectivity index (χ0) is 15.0. The molecule has 3 aromatic rings. The highest BCUT2D eigenvalue weighted by Gasteiger charge is 2.11. The van der Waals surface area contributed by atoms with Gasteiger partial charge in [0.15, 0.2) is 0 Å². The molecule has 0 bridgehead atoms. The van der Waals surface area contributed by atoms with Gasteiger partial charge in [-0.3, -0.25) is 0 Å². The van der Waals surface area contributed by atoms with Gasteiger partial charge in [0.1, 0.15) is 0 Å². The molecule has 0 N–H and O–H groups in total. The molecule has 3 aromatic carbocycles. The third-order valence-electron chi connectivity index (χ3n) is 4.44. The Kier molecular flexibility index (Phi) is 3.55. The molecule has 0 saturated carbocycles. The van der Waals surface area contributed by atoms with Gasteiger partial charge in [0, 0.05) is 0 Å². The zero-order valence-corrected chi connectivity index (χ0v) is 13.3. The molecule has 0 fully saturated rings. The summed E-state index contributed by atoms with van der Waals surface area (Å²) in [5, 5.41) is 2.64. The van der Waals surface area contributed by atoms with E-state index in [1.54, 1.807) is 0 Å². The molecule has 0 atom stereocenters. The van der Waals surface area contributed by atoms with Crippen molar-refractivity contribution in [2.75, 3.05) is 0 Å². The summed E-state index contributed by atoms with van der Waals surface area (Å²) in [7, 11) is 0. The van der Waals surface area contributed by atoms with Gasteiger partial charge in [-0.05, 0) is 58.4 Å². The lowest BCUT2D eigenvalue weighted by molar-refractivity contribution is 0.864. The van der Waals surface area contributed by atoms with E-state index in [2.05, 4.69) is 82.3 Å². The van der Waals surface area contributed by atoms with Crippen LogP contribution in [0.4, 0.5) is 0 Å². The van der Waals surface area contributed by atoms with Crippen molar-refractivity contribution in [2.24, 2.45) is 0 Å². The van der Waals surface area contributed by atoms with Crippen molar-refractivity contribution in [3.63, 3.8) is 0 Å². The van der Waals surface area contributed by atoms with Crippen molar-refractivity contribution in [3.8, 4) is 11.1 Å². The first-order chi connectivity index (χ1) is 10.1. The highest BCUT2D eigenvalue weighted by atomic mass is 14.2. The summed E-state index contributed by atoms with van der Waals surface area (Å²) in [4.78, 5) is 0. The molecule has 21 heavy (non-hydrogen) atoms. The molecule has 106 valence electrons. The SMILES string of the molecule is Cc1cc(C(C)C)cc(-c2cccc3ccccc23)c1C. The topological polar surface area (TPSA) is 0 Å². The van der Waals surface area contributed by atoms with Crippen LogP contribution in [0.1, 0.15) is 36.5 Å². The van der Waals surface area contributed by atoms with Gasteiger partial charge in [0.2, 0.25) is 0 Å². The Labute approximate surface area is 127 Å². The second-order valence-electron chi connectivity index (χ2n) is 6.19. The minimum absolute atomic E-state index is 0.554. The van der Waals surface area contributed by atoms with Crippen LogP contribution in [-0.2, 0) is 0 Å². The van der Waals surface area contributed by atoms with Crippen LogP contribution in [0.15, 0.2) is 54.6 Å². The number of aryl methyl sites for hydroxylation is 1. The van der Waals surface area contributed by atoms with E-state index in [1.165, 1.54) is 38.6 Å². The summed E-state index contributed by atoms with van der Waals surface area (Å²) in [6, 6.07) is 19.9. The molecule has 0 unspecified atom stereocenters. The van der Waals surface area contributed by atoms with Gasteiger partial charge in [-0.15, -0.1) is 0 Å². The molecule has 3 rings (SSSR count). The standard InChI is InChI=1S/C21H22/c1-14(2)18-12-15(3)16(4)21(13-18)20-11-7-9-17-8-5-6-10-19(17)20/h5-14H,1-4H3. The highest BCUT2D eigenvalue weighted by molar-refractivity contribution is 5.97. The molecule has 0 heteroatoms. The molecular weight excluding hydrogens is 252 g/mol. The quantitative estimate of drug-likeness (QED) is 0.518. The van der Waals surface area contributed by atoms with Crippen molar-refractivity contribution >= 4 is 10.8 Å². The van der Waals surface area contributed by atoms with Gasteiger partial charge in [-0.1, -0.05) is 68.4 Å². The Bertz CT molecular complexity index is 789. The van der Waals surface area contributed by atoms with Crippen molar-refractivity contribution in [2.45, 2.75) is 33.6 Å². The highest BCUT2D eigenvalue weighted by Crippen LogP contribution is 2.34. The molecule has 0 aliphatic rings. The van der Waals surface area contributed by atoms with Crippen LogP contribution in [0, 0.1) is 13.8 Å². The maximum atomic E-state index is 2.37. The van der Waals surface area contributed by atoms with E-state index in [0.29, 0.717) is 5.92 Å². The molecule has 0 saturated heterocycles. The number of benzene rings is 3. The van der Waals surface area contributed by atoms with Gasteiger partial charge in [-0.2, -0.15) is 0 Å². The first-order valence-electron chi connectivity index (χ1n) is 7.67. The number of hydrogen-bond donors (Lipinski definition) is 0. The summed E-state index contributed by atoms with van der Waals surface area (Å²) in [6.07, 6.45) is 0. The van der Waals surface area contributed by atoms with Crippen LogP contribution >= 0.6 is 0 Å². The third kappa shape index (κ3) is 2.47. The second kappa shape index (κ2) is 5.37. The average molecular weight is 274 g/mol. The van der Waals surface area contributed by atoms with Crippen LogP contribution in [0.2, 0.25) is 0 Å². The maximum Gasteiger partial charge on any atom is -0.0103 e. The minimum Gasteiger partial charge on any atom is -0.0616 e. The fraction of sp³-hybridized carbons (Fsp3) is 0.238. The Hall–Kier alpha value is -2.08. The van der Waals surface area contributed by atoms with Gasteiger partial charge in [-0.25, -0.2) is 0 Å². The predicted octanol–water partition coefficient (Wildman–Crippen LogP) is 6.25. The van der Waals surface area contributed by atoms with Crippen molar-refractivity contribution < 1.29 is 0 Å². The van der Waals surface area contributed by atoms with Gasteiger partial charge < -0.3 is 0 Å². The molecule has 0 nitrogen and oxygen atoms in total. The third-order valence-corrected chi connectivity index (χ3v) is 4.44. The van der Waals surface area contributed by atoms with Crippen LogP contribution in [0.5, 0.6) is 0 Å². The van der Waals surface area contributed by atoms with Gasteiger partial charge in [0.05, 0.1) is 0 Å². The average Bonchev–Trinajstić information content (AvgIpc) is 2.49. The second-order valence-corrected chi connectivity index (χ2v) is 6.19. The lowest BCUT2D eigenvalue weighted by Crippen LogP contribution is -1.95. The zero-order valence-electron chi connectivity index (χ0n) is 13.3. The Morgan fingerprint density at radius 3 is 2.24 bits per heavy atom. The Morgan fingerprint density at radius 1 is 0.762 bits per heavy atom. The fourth-order valence-electron chi connectivity index (χ4n) is 2.96. The fourth-order valence-corrected chi connectivity index (χ4v) is 2.96. The Morgan fingerprint density at radius 2 is 1.48 bits per heavy atom. The number of fused-ring (bicyclic) bond motifs is 1. The van der Waals surface area contributed by atoms with Crippen LogP contribution in [-0.4, -0.2) is 0 Å². The minimum atomic E-state index is 0.554. The summed E-state index contributed by atoms with van der Waals surface area (Å²) >= 11 is 0. The molecule has 0 heterocycles.